The van der Waals surface area contributed by atoms with Crippen LogP contribution in [0.25, 0.3) is 0 Å². The minimum Gasteiger partial charge on any atom is -0.394 e. The van der Waals surface area contributed by atoms with Crippen LogP contribution >= 0.6 is 15.9 Å². The summed E-state index contributed by atoms with van der Waals surface area (Å²) in [7, 11) is 0. The van der Waals surface area contributed by atoms with E-state index in [4.69, 9.17) is 9.84 Å². The zero-order valence-corrected chi connectivity index (χ0v) is 10.0. The summed E-state index contributed by atoms with van der Waals surface area (Å²) in [6.45, 7) is 2.87. The number of ether oxygens (including phenoxy) is 1. The van der Waals surface area contributed by atoms with Crippen molar-refractivity contribution in [1.29, 1.82) is 0 Å². The van der Waals surface area contributed by atoms with E-state index in [1.165, 1.54) is 10.8 Å². The summed E-state index contributed by atoms with van der Waals surface area (Å²) in [5.74, 6) is 0.649. The van der Waals surface area contributed by atoms with Crippen LogP contribution in [0.15, 0.2) is 15.5 Å². The van der Waals surface area contributed by atoms with Crippen LogP contribution in [0, 0.1) is 6.92 Å². The van der Waals surface area contributed by atoms with Crippen molar-refractivity contribution < 1.29 is 9.84 Å². The van der Waals surface area contributed by atoms with Crippen molar-refractivity contribution in [3.8, 4) is 0 Å². The van der Waals surface area contributed by atoms with Crippen molar-refractivity contribution in [2.75, 3.05) is 19.8 Å². The second-order valence-electron chi connectivity index (χ2n) is 2.95. The summed E-state index contributed by atoms with van der Waals surface area (Å²) in [4.78, 5) is 15.7. The van der Waals surface area contributed by atoms with Gasteiger partial charge in [-0.15, -0.1) is 0 Å². The van der Waals surface area contributed by atoms with Crippen LogP contribution in [0.4, 0.5) is 0 Å². The third-order valence-electron chi connectivity index (χ3n) is 1.90. The normalized spacial score (nSPS) is 10.6. The van der Waals surface area contributed by atoms with Gasteiger partial charge in [0.25, 0.3) is 5.56 Å². The molecule has 6 heteroatoms. The molecular weight excluding hydrogens is 264 g/mol. The van der Waals surface area contributed by atoms with Gasteiger partial charge in [0.2, 0.25) is 0 Å². The highest BCUT2D eigenvalue weighted by atomic mass is 79.9. The largest absolute Gasteiger partial charge is 0.394 e. The highest BCUT2D eigenvalue weighted by Crippen LogP contribution is 2.01. The maximum absolute atomic E-state index is 11.6. The molecule has 0 aliphatic rings. The fourth-order valence-corrected chi connectivity index (χ4v) is 1.45. The predicted molar refractivity (Wildman–Crippen MR) is 58.8 cm³/mol. The van der Waals surface area contributed by atoms with Crippen LogP contribution in [-0.4, -0.2) is 34.5 Å². The number of halogens is 1. The van der Waals surface area contributed by atoms with E-state index in [-0.39, 0.29) is 18.8 Å². The van der Waals surface area contributed by atoms with Crippen molar-refractivity contribution in [3.05, 3.63) is 26.8 Å². The first-order valence-corrected chi connectivity index (χ1v) is 5.36. The molecule has 1 N–H and O–H groups in total. The molecule has 0 unspecified atom stereocenters. The van der Waals surface area contributed by atoms with Crippen molar-refractivity contribution in [3.63, 3.8) is 0 Å². The first kappa shape index (κ1) is 12.4. The van der Waals surface area contributed by atoms with Crippen molar-refractivity contribution >= 4 is 15.9 Å². The Bertz CT molecular complexity index is 378. The molecule has 0 aromatic carbocycles. The molecule has 0 radical (unpaired) electrons. The lowest BCUT2D eigenvalue weighted by molar-refractivity contribution is 0.0860. The smallest absolute Gasteiger partial charge is 0.267 e. The van der Waals surface area contributed by atoms with Crippen LogP contribution in [0.1, 0.15) is 5.82 Å². The Morgan fingerprint density at radius 2 is 2.33 bits per heavy atom. The predicted octanol–water partition coefficient (Wildman–Crippen LogP) is 0.323. The molecule has 84 valence electrons. The lowest BCUT2D eigenvalue weighted by Crippen LogP contribution is -2.26. The molecule has 0 fully saturated rings. The van der Waals surface area contributed by atoms with E-state index in [0.717, 1.165) is 0 Å². The number of aliphatic hydroxyl groups is 1. The molecule has 15 heavy (non-hydrogen) atoms. The summed E-state index contributed by atoms with van der Waals surface area (Å²) < 4.78 is 7.05. The minimum atomic E-state index is -0.116. The van der Waals surface area contributed by atoms with Gasteiger partial charge in [-0.2, -0.15) is 0 Å². The molecule has 1 aromatic heterocycles. The summed E-state index contributed by atoms with van der Waals surface area (Å²) in [5, 5.41) is 8.50. The molecular formula is C9H13BrN2O3. The van der Waals surface area contributed by atoms with E-state index in [2.05, 4.69) is 20.9 Å². The van der Waals surface area contributed by atoms with Gasteiger partial charge in [0, 0.05) is 6.20 Å². The fourth-order valence-electron chi connectivity index (χ4n) is 1.14. The molecule has 1 heterocycles. The van der Waals surface area contributed by atoms with Crippen LogP contribution < -0.4 is 5.56 Å². The molecule has 0 aliphatic carbocycles. The standard InChI is InChI=1S/C9H13BrN2O3/c1-7-11-6-8(10)9(14)12(7)2-4-15-5-3-13/h6,13H,2-5H2,1H3. The topological polar surface area (TPSA) is 64.4 Å². The molecule has 5 nitrogen and oxygen atoms in total. The van der Waals surface area contributed by atoms with Crippen LogP contribution in [0.2, 0.25) is 0 Å². The van der Waals surface area contributed by atoms with Gasteiger partial charge in [-0.3, -0.25) is 9.36 Å². The Hall–Kier alpha value is -0.720. The third-order valence-corrected chi connectivity index (χ3v) is 2.44. The first-order chi connectivity index (χ1) is 7.16. The Morgan fingerprint density at radius 1 is 1.60 bits per heavy atom. The average molecular weight is 277 g/mol. The molecule has 1 aromatic rings. The maximum Gasteiger partial charge on any atom is 0.267 e. The average Bonchev–Trinajstić information content (AvgIpc) is 2.23. The van der Waals surface area contributed by atoms with Gasteiger partial charge in [0.15, 0.2) is 0 Å². The highest BCUT2D eigenvalue weighted by molar-refractivity contribution is 9.10. The monoisotopic (exact) mass is 276 g/mol. The number of hydrogen-bond donors (Lipinski definition) is 1. The minimum absolute atomic E-state index is 0.00931. The molecule has 0 bridgehead atoms. The Kier molecular flexibility index (Phi) is 4.93. The fraction of sp³-hybridized carbons (Fsp3) is 0.556. The molecule has 0 amide bonds. The quantitative estimate of drug-likeness (QED) is 0.787. The summed E-state index contributed by atoms with van der Waals surface area (Å²) in [6.07, 6.45) is 1.49. The summed E-state index contributed by atoms with van der Waals surface area (Å²) in [6, 6.07) is 0. The van der Waals surface area contributed by atoms with Gasteiger partial charge in [-0.25, -0.2) is 4.98 Å². The van der Waals surface area contributed by atoms with Gasteiger partial charge in [0.05, 0.1) is 26.4 Å². The SMILES string of the molecule is Cc1ncc(Br)c(=O)n1CCOCCO. The van der Waals surface area contributed by atoms with Crippen molar-refractivity contribution in [2.45, 2.75) is 13.5 Å². The van der Waals surface area contributed by atoms with Gasteiger partial charge in [-0.1, -0.05) is 0 Å². The second kappa shape index (κ2) is 5.99. The van der Waals surface area contributed by atoms with E-state index in [1.54, 1.807) is 6.92 Å². The molecule has 0 spiro atoms. The third kappa shape index (κ3) is 3.40. The number of aryl methyl sites for hydroxylation is 1. The van der Waals surface area contributed by atoms with Crippen molar-refractivity contribution in [1.82, 2.24) is 9.55 Å². The molecule has 1 rings (SSSR count). The summed E-state index contributed by atoms with van der Waals surface area (Å²) >= 11 is 3.13. The van der Waals surface area contributed by atoms with Crippen molar-refractivity contribution in [2.24, 2.45) is 0 Å². The van der Waals surface area contributed by atoms with E-state index < -0.39 is 0 Å². The number of nitrogens with zero attached hydrogens (tertiary/aromatic N) is 2. The molecule has 0 aliphatic heterocycles. The second-order valence-corrected chi connectivity index (χ2v) is 3.80. The molecule has 0 atom stereocenters. The van der Waals surface area contributed by atoms with Gasteiger partial charge >= 0.3 is 0 Å². The van der Waals surface area contributed by atoms with Gasteiger partial charge in [-0.05, 0) is 22.9 Å². The summed E-state index contributed by atoms with van der Waals surface area (Å²) in [5.41, 5.74) is -0.116. The number of aliphatic hydroxyl groups excluding tert-OH is 1. The lowest BCUT2D eigenvalue weighted by atomic mass is 10.5. The number of aromatic nitrogens is 2. The zero-order valence-electron chi connectivity index (χ0n) is 8.44. The lowest BCUT2D eigenvalue weighted by Gasteiger charge is -2.09. The number of rotatable bonds is 5. The highest BCUT2D eigenvalue weighted by Gasteiger charge is 2.04. The zero-order chi connectivity index (χ0) is 11.3. The van der Waals surface area contributed by atoms with E-state index in [9.17, 15) is 4.79 Å². The van der Waals surface area contributed by atoms with Crippen LogP contribution in [0.3, 0.4) is 0 Å². The Morgan fingerprint density at radius 3 is 3.00 bits per heavy atom. The Balaban J connectivity index is 2.68. The first-order valence-electron chi connectivity index (χ1n) is 4.57. The molecule has 0 saturated heterocycles. The van der Waals surface area contributed by atoms with E-state index >= 15 is 0 Å². The van der Waals surface area contributed by atoms with Crippen LogP contribution in [0.5, 0.6) is 0 Å². The molecule has 0 saturated carbocycles. The van der Waals surface area contributed by atoms with E-state index in [1.807, 2.05) is 0 Å². The van der Waals surface area contributed by atoms with Gasteiger partial charge in [0.1, 0.15) is 10.3 Å². The maximum atomic E-state index is 11.6. The number of hydrogen-bond acceptors (Lipinski definition) is 4. The Labute approximate surface area is 95.8 Å². The van der Waals surface area contributed by atoms with Crippen LogP contribution in [-0.2, 0) is 11.3 Å². The van der Waals surface area contributed by atoms with E-state index in [0.29, 0.717) is 23.4 Å². The van der Waals surface area contributed by atoms with Gasteiger partial charge < -0.3 is 9.84 Å².